The number of likely N-dealkylation sites (tertiary alicyclic amines) is 1. The second kappa shape index (κ2) is 14.9. The Morgan fingerprint density at radius 3 is 1.57 bits per heavy atom. The summed E-state index contributed by atoms with van der Waals surface area (Å²) in [6.07, 6.45) is 45.8. The molecule has 3 heterocycles. The first-order valence-electron chi connectivity index (χ1n) is 24.4. The van der Waals surface area contributed by atoms with E-state index < -0.39 is 0 Å². The molecule has 286 valence electrons. The second-order valence-corrected chi connectivity index (χ2v) is 24.6. The summed E-state index contributed by atoms with van der Waals surface area (Å²) in [5, 5.41) is 4.20. The van der Waals surface area contributed by atoms with Crippen LogP contribution in [0.5, 0.6) is 0 Å². The van der Waals surface area contributed by atoms with Gasteiger partial charge in [-0.2, -0.15) is 23.5 Å². The molecule has 0 radical (unpaired) electrons. The maximum absolute atomic E-state index is 3.39. The minimum absolute atomic E-state index is 0.943. The summed E-state index contributed by atoms with van der Waals surface area (Å²) in [5.41, 5.74) is 0. The number of hydrogen-bond acceptors (Lipinski definition) is 3. The summed E-state index contributed by atoms with van der Waals surface area (Å²) >= 11 is 5.18. The minimum Gasteiger partial charge on any atom is -0.294 e. The highest BCUT2D eigenvalue weighted by Gasteiger charge is 2.60. The monoisotopic (exact) mass is 732 g/mol. The van der Waals surface area contributed by atoms with Crippen molar-refractivity contribution in [3.05, 3.63) is 0 Å². The van der Waals surface area contributed by atoms with Crippen LogP contribution in [0.15, 0.2) is 0 Å². The maximum Gasteiger partial charge on any atom is 0.0133 e. The van der Waals surface area contributed by atoms with Gasteiger partial charge in [0.25, 0.3) is 0 Å². The lowest BCUT2D eigenvalue weighted by Gasteiger charge is -2.47. The zero-order valence-electron chi connectivity index (χ0n) is 32.7. The molecule has 8 aliphatic carbocycles. The molecule has 1 nitrogen and oxygen atoms in total. The normalized spacial score (nSPS) is 53.8. The van der Waals surface area contributed by atoms with Crippen molar-refractivity contribution in [2.75, 3.05) is 0 Å². The first kappa shape index (κ1) is 34.9. The lowest BCUT2D eigenvalue weighted by atomic mass is 9.62. The topological polar surface area (TPSA) is 3.24 Å². The lowest BCUT2D eigenvalue weighted by molar-refractivity contribution is 0.0265. The van der Waals surface area contributed by atoms with E-state index in [4.69, 9.17) is 0 Å². The van der Waals surface area contributed by atoms with Gasteiger partial charge in [-0.05, 0) is 174 Å². The van der Waals surface area contributed by atoms with Gasteiger partial charge in [0.1, 0.15) is 0 Å². The van der Waals surface area contributed by atoms with E-state index in [2.05, 4.69) is 28.4 Å². The van der Waals surface area contributed by atoms with Gasteiger partial charge in [-0.25, -0.2) is 0 Å². The molecule has 0 aromatic rings. The van der Waals surface area contributed by atoms with Crippen molar-refractivity contribution in [2.45, 2.75) is 225 Å². The molecule has 3 heteroatoms. The first-order chi connectivity index (χ1) is 25.3. The average molecular weight is 732 g/mol. The summed E-state index contributed by atoms with van der Waals surface area (Å²) in [4.78, 5) is 3.39. The highest BCUT2D eigenvalue weighted by atomic mass is 32.2. The Morgan fingerprint density at radius 1 is 0.314 bits per heavy atom. The van der Waals surface area contributed by atoms with Crippen LogP contribution < -0.4 is 0 Å². The van der Waals surface area contributed by atoms with Crippen molar-refractivity contribution < 1.29 is 0 Å². The molecule has 0 bridgehead atoms. The summed E-state index contributed by atoms with van der Waals surface area (Å²) in [5.74, 6) is 13.1. The number of hydrogen-bond donors (Lipinski definition) is 0. The molecular formula is C48H77NS2. The third-order valence-electron chi connectivity index (χ3n) is 19.9. The van der Waals surface area contributed by atoms with Gasteiger partial charge in [0, 0.05) is 39.1 Å². The molecule has 15 atom stereocenters. The van der Waals surface area contributed by atoms with Crippen molar-refractivity contribution in [3.63, 3.8) is 0 Å². The van der Waals surface area contributed by atoms with Crippen LogP contribution in [0.25, 0.3) is 0 Å². The average Bonchev–Trinajstić information content (AvgIpc) is 3.87. The zero-order valence-corrected chi connectivity index (χ0v) is 34.4. The molecule has 0 N–H and O–H groups in total. The summed E-state index contributed by atoms with van der Waals surface area (Å²) in [7, 11) is 0. The quantitative estimate of drug-likeness (QED) is 0.283. The van der Waals surface area contributed by atoms with Crippen LogP contribution >= 0.6 is 23.5 Å². The van der Waals surface area contributed by atoms with E-state index >= 15 is 0 Å². The molecule has 51 heavy (non-hydrogen) atoms. The Hall–Kier alpha value is 0.660. The van der Waals surface area contributed by atoms with Gasteiger partial charge in [0.15, 0.2) is 0 Å². The van der Waals surface area contributed by atoms with E-state index in [1.165, 1.54) is 19.3 Å². The van der Waals surface area contributed by atoms with Crippen molar-refractivity contribution in [1.82, 2.24) is 4.90 Å². The summed E-state index contributed by atoms with van der Waals surface area (Å²) in [6, 6.07) is 2.89. The fourth-order valence-corrected chi connectivity index (χ4v) is 22.6. The van der Waals surface area contributed by atoms with Gasteiger partial charge in [-0.15, -0.1) is 0 Å². The largest absolute Gasteiger partial charge is 0.294 e. The Kier molecular flexibility index (Phi) is 10.2. The Balaban J connectivity index is 0.779. The number of nitrogens with zero attached hydrogens (tertiary/aromatic N) is 1. The molecule has 11 aliphatic rings. The standard InChI is InChI=1S/C48H77NS2/c1-3-10-30(11-4-1)33-20-25-42-40(28-33)41-29-34(31-12-5-2-6-13-31)21-26-43(41)49(42)35-22-18-32(19-23-35)36-15-9-16-37-38-24-27-45-46(48(38)51-47(36)37)39-14-7-8-17-44(39)50-45/h30-48H,1-29H2. The molecule has 0 amide bonds. The number of fused-ring (bicyclic) bond motifs is 10. The molecule has 8 saturated carbocycles. The molecule has 0 aromatic carbocycles. The van der Waals surface area contributed by atoms with E-state index in [0.717, 1.165) is 110 Å². The van der Waals surface area contributed by atoms with E-state index in [1.54, 1.807) is 167 Å². The third-order valence-corrected chi connectivity index (χ3v) is 23.7. The van der Waals surface area contributed by atoms with E-state index in [0.29, 0.717) is 0 Å². The third kappa shape index (κ3) is 6.24. The van der Waals surface area contributed by atoms with Crippen molar-refractivity contribution in [2.24, 2.45) is 71.0 Å². The van der Waals surface area contributed by atoms with Crippen molar-refractivity contribution >= 4 is 23.5 Å². The van der Waals surface area contributed by atoms with Gasteiger partial charge in [-0.1, -0.05) is 83.5 Å². The molecule has 0 spiro atoms. The van der Waals surface area contributed by atoms with E-state index in [1.807, 2.05) is 0 Å². The molecule has 3 saturated heterocycles. The number of thioether (sulfide) groups is 2. The van der Waals surface area contributed by atoms with Crippen LogP contribution in [0.1, 0.15) is 186 Å². The van der Waals surface area contributed by atoms with Gasteiger partial charge < -0.3 is 0 Å². The first-order valence-corrected chi connectivity index (χ1v) is 26.3. The molecular weight excluding hydrogens is 655 g/mol. The van der Waals surface area contributed by atoms with Gasteiger partial charge in [-0.3, -0.25) is 4.90 Å². The van der Waals surface area contributed by atoms with Crippen LogP contribution in [0, 0.1) is 71.0 Å². The Bertz CT molecular complexity index is 1140. The predicted octanol–water partition coefficient (Wildman–Crippen LogP) is 13.2. The summed E-state index contributed by atoms with van der Waals surface area (Å²) < 4.78 is 0. The fourth-order valence-electron chi connectivity index (χ4n) is 17.9. The van der Waals surface area contributed by atoms with Crippen LogP contribution in [0.3, 0.4) is 0 Å². The van der Waals surface area contributed by atoms with E-state index in [9.17, 15) is 0 Å². The SMILES string of the molecule is C1CCC(C2CCC3C(C2)C2CC(C4CCCCC4)CCC2N3C2CCC(C3CCCC4C5CCC6SC7CCCCC7C6C5SC34)CC2)CC1. The van der Waals surface area contributed by atoms with Crippen molar-refractivity contribution in [3.8, 4) is 0 Å². The fraction of sp³-hybridized carbons (Fsp3) is 1.00. The zero-order chi connectivity index (χ0) is 33.5. The molecule has 3 aliphatic heterocycles. The lowest BCUT2D eigenvalue weighted by Crippen LogP contribution is -2.49. The predicted molar refractivity (Wildman–Crippen MR) is 219 cm³/mol. The second-order valence-electron chi connectivity index (χ2n) is 21.7. The Labute approximate surface area is 323 Å². The highest BCUT2D eigenvalue weighted by molar-refractivity contribution is 8.02. The number of rotatable bonds is 4. The van der Waals surface area contributed by atoms with E-state index in [-0.39, 0.29) is 0 Å². The van der Waals surface area contributed by atoms with Crippen LogP contribution in [0.2, 0.25) is 0 Å². The van der Waals surface area contributed by atoms with Gasteiger partial charge >= 0.3 is 0 Å². The Morgan fingerprint density at radius 2 is 0.882 bits per heavy atom. The van der Waals surface area contributed by atoms with Gasteiger partial charge in [0.05, 0.1) is 0 Å². The smallest absolute Gasteiger partial charge is 0.0133 e. The highest BCUT2D eigenvalue weighted by Crippen LogP contribution is 2.66. The maximum atomic E-state index is 3.39. The molecule has 0 aromatic heterocycles. The van der Waals surface area contributed by atoms with Crippen LogP contribution in [-0.2, 0) is 0 Å². The molecule has 11 rings (SSSR count). The molecule has 15 unspecified atom stereocenters. The summed E-state index contributed by atoms with van der Waals surface area (Å²) in [6.45, 7) is 0. The minimum atomic E-state index is 0.943. The van der Waals surface area contributed by atoms with Crippen molar-refractivity contribution in [1.29, 1.82) is 0 Å². The van der Waals surface area contributed by atoms with Gasteiger partial charge in [0.2, 0.25) is 0 Å². The molecule has 11 fully saturated rings. The van der Waals surface area contributed by atoms with Crippen LogP contribution in [0.4, 0.5) is 0 Å². The van der Waals surface area contributed by atoms with Crippen LogP contribution in [-0.4, -0.2) is 44.0 Å².